The minimum atomic E-state index is -0.633. The molecule has 0 fully saturated rings. The molecule has 2 unspecified atom stereocenters. The van der Waals surface area contributed by atoms with Crippen molar-refractivity contribution in [3.8, 4) is 23.0 Å². The van der Waals surface area contributed by atoms with Crippen molar-refractivity contribution in [3.05, 3.63) is 145 Å². The van der Waals surface area contributed by atoms with Gasteiger partial charge < -0.3 is 28.4 Å². The van der Waals surface area contributed by atoms with E-state index in [1.54, 1.807) is 13.8 Å². The van der Waals surface area contributed by atoms with Crippen LogP contribution in [0.5, 0.6) is 23.0 Å². The second kappa shape index (κ2) is 17.6. The highest BCUT2D eigenvalue weighted by molar-refractivity contribution is 5.87. The fourth-order valence-corrected chi connectivity index (χ4v) is 4.63. The molecular weight excluding hydrogens is 620 g/mol. The largest absolute Gasteiger partial charge is 0.490 e. The van der Waals surface area contributed by atoms with Gasteiger partial charge in [-0.3, -0.25) is 0 Å². The van der Waals surface area contributed by atoms with Gasteiger partial charge in [-0.05, 0) is 73.5 Å². The Morgan fingerprint density at radius 2 is 0.796 bits per heavy atom. The van der Waals surface area contributed by atoms with E-state index >= 15 is 0 Å². The van der Waals surface area contributed by atoms with Gasteiger partial charge in [0, 0.05) is 16.6 Å². The van der Waals surface area contributed by atoms with Crippen LogP contribution in [0.4, 0.5) is 0 Å². The van der Waals surface area contributed by atoms with Crippen molar-refractivity contribution in [2.45, 2.75) is 45.3 Å². The van der Waals surface area contributed by atoms with Crippen LogP contribution < -0.4 is 18.9 Å². The molecule has 4 aromatic rings. The number of hydrogen-bond donors (Lipinski definition) is 0. The van der Waals surface area contributed by atoms with Gasteiger partial charge in [0.2, 0.25) is 0 Å². The summed E-state index contributed by atoms with van der Waals surface area (Å²) in [4.78, 5) is 24.4. The first-order chi connectivity index (χ1) is 23.5. The predicted molar refractivity (Wildman–Crippen MR) is 189 cm³/mol. The summed E-state index contributed by atoms with van der Waals surface area (Å²) in [5.41, 5.74) is 2.44. The van der Waals surface area contributed by atoms with E-state index in [0.717, 1.165) is 11.1 Å². The van der Waals surface area contributed by atoms with Crippen LogP contribution in [-0.2, 0) is 24.5 Å². The van der Waals surface area contributed by atoms with Gasteiger partial charge in [0.25, 0.3) is 0 Å². The number of benzene rings is 4. The maximum atomic E-state index is 12.2. The fraction of sp³-hybridized carbons (Fsp3) is 0.268. The molecule has 4 aromatic carbocycles. The summed E-state index contributed by atoms with van der Waals surface area (Å²) < 4.78 is 34.7. The number of rotatable bonds is 18. The first kappa shape index (κ1) is 36.3. The zero-order valence-corrected chi connectivity index (χ0v) is 28.6. The second-order valence-corrected chi connectivity index (χ2v) is 12.2. The number of carbonyl (C=O) groups is 2. The minimum Gasteiger partial charge on any atom is -0.490 e. The Hall–Kier alpha value is -5.50. The number of para-hydroxylation sites is 2. The lowest BCUT2D eigenvalue weighted by Gasteiger charge is -2.27. The van der Waals surface area contributed by atoms with Crippen molar-refractivity contribution in [2.24, 2.45) is 0 Å². The molecule has 0 bridgehead atoms. The summed E-state index contributed by atoms with van der Waals surface area (Å²) in [7, 11) is 0. The summed E-state index contributed by atoms with van der Waals surface area (Å²) in [6, 6.07) is 34.3. The van der Waals surface area contributed by atoms with Crippen LogP contribution in [0.25, 0.3) is 0 Å². The van der Waals surface area contributed by atoms with E-state index in [1.165, 1.54) is 0 Å². The van der Waals surface area contributed by atoms with Crippen molar-refractivity contribution in [2.75, 3.05) is 26.4 Å². The van der Waals surface area contributed by atoms with Gasteiger partial charge in [-0.2, -0.15) is 0 Å². The summed E-state index contributed by atoms with van der Waals surface area (Å²) in [5, 5.41) is 0. The van der Waals surface area contributed by atoms with E-state index < -0.39 is 24.1 Å². The Kier molecular flexibility index (Phi) is 13.0. The summed E-state index contributed by atoms with van der Waals surface area (Å²) in [6.45, 7) is 15.3. The molecule has 0 amide bonds. The van der Waals surface area contributed by atoms with Crippen molar-refractivity contribution < 1.29 is 38.0 Å². The maximum absolute atomic E-state index is 12.2. The maximum Gasteiger partial charge on any atom is 0.333 e. The van der Waals surface area contributed by atoms with E-state index in [2.05, 4.69) is 27.0 Å². The standard InChI is InChI=1S/C41H44O8/c1-29(2)39(42)48-37(25-44-33-13-9-7-10-14-33)27-46-35-21-17-31(18-22-35)41(5,6)32-19-23-36(24-20-32)47-28-38(49-40(43)30(3)4)26-45-34-15-11-8-12-16-34/h7-24,37-38H,1,3,25-28H2,2,4-6H3. The highest BCUT2D eigenvalue weighted by Crippen LogP contribution is 2.33. The normalized spacial score (nSPS) is 12.2. The quantitative estimate of drug-likeness (QED) is 0.0784. The van der Waals surface area contributed by atoms with Crippen LogP contribution >= 0.6 is 0 Å². The Morgan fingerprint density at radius 1 is 0.510 bits per heavy atom. The average molecular weight is 665 g/mol. The van der Waals surface area contributed by atoms with Gasteiger partial charge in [0.05, 0.1) is 0 Å². The highest BCUT2D eigenvalue weighted by Gasteiger charge is 2.24. The summed E-state index contributed by atoms with van der Waals surface area (Å²) in [5.74, 6) is 1.62. The first-order valence-corrected chi connectivity index (χ1v) is 16.1. The molecule has 0 aromatic heterocycles. The van der Waals surface area contributed by atoms with E-state index in [9.17, 15) is 9.59 Å². The molecule has 4 rings (SSSR count). The predicted octanol–water partition coefficient (Wildman–Crippen LogP) is 7.90. The highest BCUT2D eigenvalue weighted by atomic mass is 16.6. The molecule has 0 radical (unpaired) electrons. The minimum absolute atomic E-state index is 0.113. The molecule has 0 saturated heterocycles. The second-order valence-electron chi connectivity index (χ2n) is 12.2. The molecule has 0 aliphatic carbocycles. The summed E-state index contributed by atoms with van der Waals surface area (Å²) in [6.07, 6.45) is -1.27. The van der Waals surface area contributed by atoms with E-state index in [-0.39, 0.29) is 31.8 Å². The molecule has 2 atom stereocenters. The zero-order chi connectivity index (χ0) is 35.2. The topological polar surface area (TPSA) is 89.5 Å². The molecule has 256 valence electrons. The van der Waals surface area contributed by atoms with Crippen molar-refractivity contribution in [1.29, 1.82) is 0 Å². The number of carbonyl (C=O) groups excluding carboxylic acids is 2. The van der Waals surface area contributed by atoms with E-state index in [0.29, 0.717) is 34.1 Å². The Morgan fingerprint density at radius 3 is 1.08 bits per heavy atom. The molecule has 0 saturated carbocycles. The van der Waals surface area contributed by atoms with E-state index in [4.69, 9.17) is 28.4 Å². The Labute approximate surface area is 288 Å². The third-order valence-electron chi connectivity index (χ3n) is 7.63. The van der Waals surface area contributed by atoms with Gasteiger partial charge in [-0.25, -0.2) is 9.59 Å². The van der Waals surface area contributed by atoms with Gasteiger partial charge >= 0.3 is 11.9 Å². The Balaban J connectivity index is 1.34. The van der Waals surface area contributed by atoms with Gasteiger partial charge in [0.15, 0.2) is 12.2 Å². The van der Waals surface area contributed by atoms with Crippen LogP contribution in [0.1, 0.15) is 38.8 Å². The molecule has 8 heteroatoms. The lowest BCUT2D eigenvalue weighted by atomic mass is 9.78. The zero-order valence-electron chi connectivity index (χ0n) is 28.6. The lowest BCUT2D eigenvalue weighted by Crippen LogP contribution is -2.31. The van der Waals surface area contributed by atoms with Crippen molar-refractivity contribution in [1.82, 2.24) is 0 Å². The van der Waals surface area contributed by atoms with Crippen LogP contribution in [0.15, 0.2) is 133 Å². The van der Waals surface area contributed by atoms with Gasteiger partial charge in [0.1, 0.15) is 49.4 Å². The average Bonchev–Trinajstić information content (AvgIpc) is 3.11. The Bertz CT molecular complexity index is 1540. The number of ether oxygens (including phenoxy) is 6. The fourth-order valence-electron chi connectivity index (χ4n) is 4.63. The first-order valence-electron chi connectivity index (χ1n) is 16.1. The lowest BCUT2D eigenvalue weighted by molar-refractivity contribution is -0.148. The smallest absolute Gasteiger partial charge is 0.333 e. The molecule has 0 N–H and O–H groups in total. The van der Waals surface area contributed by atoms with Crippen molar-refractivity contribution in [3.63, 3.8) is 0 Å². The summed E-state index contributed by atoms with van der Waals surface area (Å²) >= 11 is 0. The number of hydrogen-bond acceptors (Lipinski definition) is 8. The van der Waals surface area contributed by atoms with Gasteiger partial charge in [-0.15, -0.1) is 0 Å². The molecule has 49 heavy (non-hydrogen) atoms. The van der Waals surface area contributed by atoms with Crippen molar-refractivity contribution >= 4 is 11.9 Å². The van der Waals surface area contributed by atoms with Gasteiger partial charge in [-0.1, -0.05) is 87.7 Å². The monoisotopic (exact) mass is 664 g/mol. The third-order valence-corrected chi connectivity index (χ3v) is 7.63. The third kappa shape index (κ3) is 11.3. The molecular formula is C41H44O8. The van der Waals surface area contributed by atoms with Crippen LogP contribution in [0, 0.1) is 0 Å². The molecule has 0 spiro atoms. The SMILES string of the molecule is C=C(C)C(=O)OC(COc1ccccc1)COc1ccc(C(C)(C)c2ccc(OCC(COc3ccccc3)OC(=O)C(=C)C)cc2)cc1. The molecule has 0 aliphatic heterocycles. The van der Waals surface area contributed by atoms with Crippen LogP contribution in [-0.4, -0.2) is 50.6 Å². The molecule has 0 heterocycles. The van der Waals surface area contributed by atoms with E-state index in [1.807, 2.05) is 109 Å². The molecule has 8 nitrogen and oxygen atoms in total. The van der Waals surface area contributed by atoms with Crippen LogP contribution in [0.3, 0.4) is 0 Å². The molecule has 0 aliphatic rings. The number of esters is 2. The van der Waals surface area contributed by atoms with Crippen LogP contribution in [0.2, 0.25) is 0 Å².